The number of hydrogen-bond acceptors (Lipinski definition) is 5. The highest BCUT2D eigenvalue weighted by molar-refractivity contribution is 7.18. The van der Waals surface area contributed by atoms with E-state index >= 15 is 0 Å². The van der Waals surface area contributed by atoms with E-state index in [-0.39, 0.29) is 17.1 Å². The Balaban J connectivity index is 1.83. The Kier molecular flexibility index (Phi) is 6.60. The molecule has 10 heteroatoms. The number of esters is 1. The maximum Gasteiger partial charge on any atom is 0.350 e. The molecule has 4 amide bonds. The molecule has 154 valence electrons. The van der Waals surface area contributed by atoms with Gasteiger partial charge in [-0.05, 0) is 43.0 Å². The molecule has 3 rings (SSSR count). The standard InChI is InChI=1S/C19H21ClN4O4S/c20-12-6-4-11(5-7-12)15-9-14(23-18(21)26)16(29-15)17(25)28-13-3-1-2-8-24(10-13)19(22)27/h4-7,9,13H,1-3,8,10H2,(H2,22,27)(H3,21,23,26). The lowest BCUT2D eigenvalue weighted by Gasteiger charge is -2.22. The molecule has 1 atom stereocenters. The molecule has 1 aromatic heterocycles. The number of halogens is 1. The fourth-order valence-corrected chi connectivity index (χ4v) is 4.26. The lowest BCUT2D eigenvalue weighted by atomic mass is 10.2. The van der Waals surface area contributed by atoms with Gasteiger partial charge in [-0.25, -0.2) is 14.4 Å². The number of carbonyl (C=O) groups is 3. The molecule has 0 aliphatic carbocycles. The number of hydrogen-bond donors (Lipinski definition) is 3. The van der Waals surface area contributed by atoms with Gasteiger partial charge in [-0.2, -0.15) is 0 Å². The van der Waals surface area contributed by atoms with Crippen molar-refractivity contribution in [3.8, 4) is 10.4 Å². The Morgan fingerprint density at radius 1 is 1.17 bits per heavy atom. The van der Waals surface area contributed by atoms with Gasteiger partial charge in [-0.15, -0.1) is 11.3 Å². The largest absolute Gasteiger partial charge is 0.456 e. The molecule has 2 heterocycles. The zero-order chi connectivity index (χ0) is 21.0. The van der Waals surface area contributed by atoms with Gasteiger partial charge in [0, 0.05) is 16.4 Å². The summed E-state index contributed by atoms with van der Waals surface area (Å²) in [7, 11) is 0. The lowest BCUT2D eigenvalue weighted by Crippen LogP contribution is -2.41. The van der Waals surface area contributed by atoms with E-state index in [1.165, 1.54) is 16.2 Å². The molecule has 29 heavy (non-hydrogen) atoms. The number of primary amides is 2. The van der Waals surface area contributed by atoms with Crippen molar-refractivity contribution in [2.45, 2.75) is 25.4 Å². The number of thiophene rings is 1. The van der Waals surface area contributed by atoms with E-state index in [9.17, 15) is 14.4 Å². The highest BCUT2D eigenvalue weighted by atomic mass is 35.5. The van der Waals surface area contributed by atoms with Crippen molar-refractivity contribution in [1.29, 1.82) is 0 Å². The number of nitrogens with two attached hydrogens (primary N) is 2. The number of likely N-dealkylation sites (tertiary alicyclic amines) is 1. The molecule has 1 aliphatic rings. The minimum absolute atomic E-state index is 0.226. The molecule has 8 nitrogen and oxygen atoms in total. The molecular weight excluding hydrogens is 416 g/mol. The van der Waals surface area contributed by atoms with Gasteiger partial charge in [0.05, 0.1) is 12.2 Å². The number of carbonyl (C=O) groups excluding carboxylic acids is 3. The van der Waals surface area contributed by atoms with Crippen LogP contribution in [-0.2, 0) is 4.74 Å². The Hall–Kier alpha value is -2.78. The summed E-state index contributed by atoms with van der Waals surface area (Å²) < 4.78 is 5.64. The molecule has 0 spiro atoms. The van der Waals surface area contributed by atoms with Crippen molar-refractivity contribution in [3.05, 3.63) is 40.2 Å². The SMILES string of the molecule is NC(=O)Nc1cc(-c2ccc(Cl)cc2)sc1C(=O)OC1CCCCN(C(N)=O)C1. The number of amides is 4. The van der Waals surface area contributed by atoms with Crippen LogP contribution in [0.15, 0.2) is 30.3 Å². The maximum absolute atomic E-state index is 12.8. The predicted molar refractivity (Wildman–Crippen MR) is 112 cm³/mol. The number of ether oxygens (including phenoxy) is 1. The monoisotopic (exact) mass is 436 g/mol. The number of nitrogens with one attached hydrogen (secondary N) is 1. The second-order valence-corrected chi connectivity index (χ2v) is 8.15. The van der Waals surface area contributed by atoms with Crippen LogP contribution in [0.1, 0.15) is 28.9 Å². The number of anilines is 1. The fraction of sp³-hybridized carbons (Fsp3) is 0.316. The van der Waals surface area contributed by atoms with Gasteiger partial charge in [0.15, 0.2) is 0 Å². The molecule has 1 aromatic carbocycles. The summed E-state index contributed by atoms with van der Waals surface area (Å²) in [5.74, 6) is -0.588. The summed E-state index contributed by atoms with van der Waals surface area (Å²) >= 11 is 7.11. The third-order valence-corrected chi connectivity index (χ3v) is 5.93. The number of benzene rings is 1. The van der Waals surface area contributed by atoms with Crippen molar-refractivity contribution < 1.29 is 19.1 Å². The van der Waals surface area contributed by atoms with E-state index in [4.69, 9.17) is 27.8 Å². The van der Waals surface area contributed by atoms with E-state index in [1.54, 1.807) is 18.2 Å². The van der Waals surface area contributed by atoms with Gasteiger partial charge < -0.3 is 26.4 Å². The zero-order valence-electron chi connectivity index (χ0n) is 15.5. The topological polar surface area (TPSA) is 128 Å². The Labute approximate surface area is 176 Å². The average Bonchev–Trinajstić information content (AvgIpc) is 2.92. The number of nitrogens with zero attached hydrogens (tertiary/aromatic N) is 1. The van der Waals surface area contributed by atoms with E-state index in [2.05, 4.69) is 5.32 Å². The lowest BCUT2D eigenvalue weighted by molar-refractivity contribution is 0.0247. The van der Waals surface area contributed by atoms with E-state index < -0.39 is 24.1 Å². The van der Waals surface area contributed by atoms with Crippen molar-refractivity contribution >= 4 is 46.7 Å². The summed E-state index contributed by atoms with van der Waals surface area (Å²) in [6.45, 7) is 0.784. The molecule has 0 radical (unpaired) electrons. The van der Waals surface area contributed by atoms with Crippen LogP contribution >= 0.6 is 22.9 Å². The van der Waals surface area contributed by atoms with Crippen LogP contribution in [0.3, 0.4) is 0 Å². The first-order valence-electron chi connectivity index (χ1n) is 9.05. The Morgan fingerprint density at radius 3 is 2.55 bits per heavy atom. The van der Waals surface area contributed by atoms with Gasteiger partial charge in [-0.3, -0.25) is 0 Å². The van der Waals surface area contributed by atoms with E-state index in [0.29, 0.717) is 18.0 Å². The molecular formula is C19H21ClN4O4S. The van der Waals surface area contributed by atoms with Crippen LogP contribution in [0.2, 0.25) is 5.02 Å². The van der Waals surface area contributed by atoms with Crippen LogP contribution in [0.4, 0.5) is 15.3 Å². The third-order valence-electron chi connectivity index (χ3n) is 4.52. The second-order valence-electron chi connectivity index (χ2n) is 6.66. The van der Waals surface area contributed by atoms with Gasteiger partial charge in [0.1, 0.15) is 11.0 Å². The van der Waals surface area contributed by atoms with E-state index in [0.717, 1.165) is 23.3 Å². The summed E-state index contributed by atoms with van der Waals surface area (Å²) in [6.07, 6.45) is 1.77. The van der Waals surface area contributed by atoms with Crippen molar-refractivity contribution in [1.82, 2.24) is 4.90 Å². The average molecular weight is 437 g/mol. The summed E-state index contributed by atoms with van der Waals surface area (Å²) in [5.41, 5.74) is 11.7. The molecule has 2 aromatic rings. The summed E-state index contributed by atoms with van der Waals surface area (Å²) in [6, 6.07) is 7.44. The first kappa shape index (κ1) is 20.9. The highest BCUT2D eigenvalue weighted by Crippen LogP contribution is 2.36. The van der Waals surface area contributed by atoms with Crippen LogP contribution in [0, 0.1) is 0 Å². The van der Waals surface area contributed by atoms with Crippen molar-refractivity contribution in [2.24, 2.45) is 11.5 Å². The minimum atomic E-state index is -0.783. The molecule has 0 saturated carbocycles. The van der Waals surface area contributed by atoms with Gasteiger partial charge in [0.2, 0.25) is 0 Å². The molecule has 1 unspecified atom stereocenters. The molecule has 1 fully saturated rings. The van der Waals surface area contributed by atoms with Gasteiger partial charge in [-0.1, -0.05) is 23.7 Å². The quantitative estimate of drug-likeness (QED) is 0.632. The van der Waals surface area contributed by atoms with E-state index in [1.807, 2.05) is 12.1 Å². The maximum atomic E-state index is 12.8. The first-order chi connectivity index (χ1) is 13.8. The number of rotatable bonds is 4. The summed E-state index contributed by atoms with van der Waals surface area (Å²) in [4.78, 5) is 38.2. The fourth-order valence-electron chi connectivity index (χ4n) is 3.13. The molecule has 5 N–H and O–H groups in total. The smallest absolute Gasteiger partial charge is 0.350 e. The Morgan fingerprint density at radius 2 is 1.90 bits per heavy atom. The first-order valence-corrected chi connectivity index (χ1v) is 10.2. The molecule has 0 bridgehead atoms. The Bertz CT molecular complexity index is 915. The number of urea groups is 2. The van der Waals surface area contributed by atoms with Crippen LogP contribution in [0.5, 0.6) is 0 Å². The van der Waals surface area contributed by atoms with Crippen LogP contribution < -0.4 is 16.8 Å². The van der Waals surface area contributed by atoms with Crippen LogP contribution in [-0.4, -0.2) is 42.1 Å². The summed E-state index contributed by atoms with van der Waals surface area (Å²) in [5, 5.41) is 3.06. The zero-order valence-corrected chi connectivity index (χ0v) is 17.1. The molecule has 1 saturated heterocycles. The minimum Gasteiger partial charge on any atom is -0.456 e. The van der Waals surface area contributed by atoms with Crippen molar-refractivity contribution in [3.63, 3.8) is 0 Å². The molecule has 1 aliphatic heterocycles. The normalized spacial score (nSPS) is 16.7. The van der Waals surface area contributed by atoms with Crippen molar-refractivity contribution in [2.75, 3.05) is 18.4 Å². The highest BCUT2D eigenvalue weighted by Gasteiger charge is 2.26. The predicted octanol–water partition coefficient (Wildman–Crippen LogP) is 3.65. The van der Waals surface area contributed by atoms with Crippen LogP contribution in [0.25, 0.3) is 10.4 Å². The van der Waals surface area contributed by atoms with Gasteiger partial charge in [0.25, 0.3) is 0 Å². The second kappa shape index (κ2) is 9.15. The third kappa shape index (κ3) is 5.39. The van der Waals surface area contributed by atoms with Gasteiger partial charge >= 0.3 is 18.0 Å².